The maximum absolute atomic E-state index is 12.3. The predicted octanol–water partition coefficient (Wildman–Crippen LogP) is 3.28. The van der Waals surface area contributed by atoms with Gasteiger partial charge in [0.2, 0.25) is 0 Å². The highest BCUT2D eigenvalue weighted by Gasteiger charge is 2.30. The van der Waals surface area contributed by atoms with Crippen LogP contribution in [0.15, 0.2) is 0 Å². The van der Waals surface area contributed by atoms with Crippen molar-refractivity contribution in [2.45, 2.75) is 39.0 Å². The van der Waals surface area contributed by atoms with E-state index < -0.39 is 0 Å². The molecule has 1 heterocycles. The number of anilines is 1. The number of hydrogen-bond acceptors (Lipinski definition) is 4. The van der Waals surface area contributed by atoms with Crippen molar-refractivity contribution in [2.24, 2.45) is 0 Å². The lowest BCUT2D eigenvalue weighted by molar-refractivity contribution is 0.0526. The van der Waals surface area contributed by atoms with Crippen molar-refractivity contribution in [3.8, 4) is 0 Å². The highest BCUT2D eigenvalue weighted by molar-refractivity contribution is 7.80. The van der Waals surface area contributed by atoms with Gasteiger partial charge >= 0.3 is 5.97 Å². The van der Waals surface area contributed by atoms with E-state index in [9.17, 15) is 4.79 Å². The second-order valence-corrected chi connectivity index (χ2v) is 6.37. The molecule has 110 valence electrons. The third-order valence-electron chi connectivity index (χ3n) is 3.49. The summed E-state index contributed by atoms with van der Waals surface area (Å²) in [6.45, 7) is 4.38. The van der Waals surface area contributed by atoms with Gasteiger partial charge in [-0.25, -0.2) is 4.79 Å². The van der Waals surface area contributed by atoms with Gasteiger partial charge in [-0.1, -0.05) is 6.92 Å². The van der Waals surface area contributed by atoms with Gasteiger partial charge in [-0.3, -0.25) is 0 Å². The normalized spacial score (nSPS) is 17.2. The lowest BCUT2D eigenvalue weighted by atomic mass is 9.86. The fourth-order valence-corrected chi connectivity index (χ4v) is 4.09. The number of hydrogen-bond donors (Lipinski definition) is 2. The van der Waals surface area contributed by atoms with Crippen molar-refractivity contribution in [2.75, 3.05) is 19.0 Å². The number of ether oxygens (including phenoxy) is 1. The van der Waals surface area contributed by atoms with Crippen LogP contribution in [-0.4, -0.2) is 24.7 Å². The van der Waals surface area contributed by atoms with E-state index in [1.807, 2.05) is 6.92 Å². The van der Waals surface area contributed by atoms with Crippen LogP contribution in [0.4, 0.5) is 5.00 Å². The van der Waals surface area contributed by atoms with E-state index in [0.29, 0.717) is 23.2 Å². The summed E-state index contributed by atoms with van der Waals surface area (Å²) in [6.07, 6.45) is 3.32. The van der Waals surface area contributed by atoms with Crippen LogP contribution in [0.25, 0.3) is 0 Å². The molecular formula is C14H20N2O2S2. The summed E-state index contributed by atoms with van der Waals surface area (Å²) in [4.78, 5) is 13.6. The van der Waals surface area contributed by atoms with Crippen LogP contribution in [-0.2, 0) is 11.2 Å². The molecule has 1 aliphatic carbocycles. The Balaban J connectivity index is 2.45. The first-order chi connectivity index (χ1) is 9.58. The number of carbonyl (C=O) groups excluding carboxylic acids is 1. The zero-order chi connectivity index (χ0) is 14.7. The van der Waals surface area contributed by atoms with Gasteiger partial charge in [0, 0.05) is 11.9 Å². The van der Waals surface area contributed by atoms with Gasteiger partial charge in [0.15, 0.2) is 5.11 Å². The van der Waals surface area contributed by atoms with Crippen LogP contribution < -0.4 is 10.6 Å². The number of esters is 1. The molecule has 1 aromatic heterocycles. The lowest BCUT2D eigenvalue weighted by Crippen LogP contribution is -2.25. The van der Waals surface area contributed by atoms with Crippen LogP contribution in [0.3, 0.4) is 0 Å². The third kappa shape index (κ3) is 2.96. The number of nitrogens with one attached hydrogen (secondary N) is 2. The minimum absolute atomic E-state index is 0.250. The monoisotopic (exact) mass is 312 g/mol. The summed E-state index contributed by atoms with van der Waals surface area (Å²) in [5.74, 6) is 0.147. The van der Waals surface area contributed by atoms with Crippen molar-refractivity contribution in [1.82, 2.24) is 5.32 Å². The van der Waals surface area contributed by atoms with Crippen molar-refractivity contribution < 1.29 is 9.53 Å². The summed E-state index contributed by atoms with van der Waals surface area (Å²) < 4.78 is 5.22. The molecule has 6 heteroatoms. The standard InChI is InChI=1S/C14H20N2O2S2/c1-4-18-13(17)11-10-8(2)6-5-7-9(10)20-12(11)16-14(19)15-3/h8H,4-7H2,1-3H3,(H2,15,16,19). The number of fused-ring (bicyclic) bond motifs is 1. The molecule has 1 unspecified atom stereocenters. The van der Waals surface area contributed by atoms with E-state index in [0.717, 1.165) is 23.4 Å². The Morgan fingerprint density at radius 1 is 1.55 bits per heavy atom. The second kappa shape index (κ2) is 6.54. The zero-order valence-corrected chi connectivity index (χ0v) is 13.7. The van der Waals surface area contributed by atoms with Gasteiger partial charge in [-0.15, -0.1) is 11.3 Å². The molecule has 2 N–H and O–H groups in total. The smallest absolute Gasteiger partial charge is 0.341 e. The molecule has 20 heavy (non-hydrogen) atoms. The third-order valence-corrected chi connectivity index (χ3v) is 4.98. The van der Waals surface area contributed by atoms with Crippen molar-refractivity contribution in [1.29, 1.82) is 0 Å². The highest BCUT2D eigenvalue weighted by atomic mass is 32.1. The second-order valence-electron chi connectivity index (χ2n) is 4.86. The first-order valence-corrected chi connectivity index (χ1v) is 8.12. The Bertz CT molecular complexity index is 525. The van der Waals surface area contributed by atoms with Crippen molar-refractivity contribution >= 4 is 39.6 Å². The van der Waals surface area contributed by atoms with E-state index >= 15 is 0 Å². The molecular weight excluding hydrogens is 292 g/mol. The van der Waals surface area contributed by atoms with Gasteiger partial charge in [-0.2, -0.15) is 0 Å². The van der Waals surface area contributed by atoms with E-state index in [4.69, 9.17) is 17.0 Å². The van der Waals surface area contributed by atoms with E-state index in [2.05, 4.69) is 17.6 Å². The Labute approximate surface area is 128 Å². The van der Waals surface area contributed by atoms with Crippen LogP contribution in [0.2, 0.25) is 0 Å². The van der Waals surface area contributed by atoms with Gasteiger partial charge in [-0.05, 0) is 49.9 Å². The number of rotatable bonds is 3. The molecule has 0 amide bonds. The Hall–Kier alpha value is -1.14. The van der Waals surface area contributed by atoms with Crippen molar-refractivity contribution in [3.63, 3.8) is 0 Å². The topological polar surface area (TPSA) is 50.4 Å². The molecule has 0 aliphatic heterocycles. The summed E-state index contributed by atoms with van der Waals surface area (Å²) in [5, 5.41) is 7.32. The molecule has 0 spiro atoms. The first kappa shape index (κ1) is 15.3. The van der Waals surface area contributed by atoms with Gasteiger partial charge in [0.05, 0.1) is 12.2 Å². The van der Waals surface area contributed by atoms with E-state index in [1.54, 1.807) is 18.4 Å². The number of aryl methyl sites for hydroxylation is 1. The predicted molar refractivity (Wildman–Crippen MR) is 86.9 cm³/mol. The fraction of sp³-hybridized carbons (Fsp3) is 0.571. The maximum Gasteiger partial charge on any atom is 0.341 e. The van der Waals surface area contributed by atoms with Crippen molar-refractivity contribution in [3.05, 3.63) is 16.0 Å². The molecule has 1 aliphatic rings. The van der Waals surface area contributed by atoms with Crippen LogP contribution >= 0.6 is 23.6 Å². The van der Waals surface area contributed by atoms with E-state index in [-0.39, 0.29) is 5.97 Å². The Morgan fingerprint density at radius 2 is 2.30 bits per heavy atom. The fourth-order valence-electron chi connectivity index (χ4n) is 2.57. The number of thiophene rings is 1. The lowest BCUT2D eigenvalue weighted by Gasteiger charge is -2.19. The summed E-state index contributed by atoms with van der Waals surface area (Å²) >= 11 is 6.77. The molecule has 1 aromatic rings. The van der Waals surface area contributed by atoms with Crippen LogP contribution in [0.5, 0.6) is 0 Å². The SMILES string of the molecule is CCOC(=O)c1c(NC(=S)NC)sc2c1C(C)CCC2. The number of carbonyl (C=O) groups is 1. The van der Waals surface area contributed by atoms with Gasteiger partial charge in [0.1, 0.15) is 5.00 Å². The molecule has 4 nitrogen and oxygen atoms in total. The molecule has 0 fully saturated rings. The zero-order valence-electron chi connectivity index (χ0n) is 12.0. The highest BCUT2D eigenvalue weighted by Crippen LogP contribution is 2.43. The summed E-state index contributed by atoms with van der Waals surface area (Å²) in [7, 11) is 1.76. The average molecular weight is 312 g/mol. The minimum Gasteiger partial charge on any atom is -0.462 e. The van der Waals surface area contributed by atoms with E-state index in [1.165, 1.54) is 11.3 Å². The molecule has 0 radical (unpaired) electrons. The number of thiocarbonyl (C=S) groups is 1. The molecule has 0 aromatic carbocycles. The van der Waals surface area contributed by atoms with Crippen LogP contribution in [0, 0.1) is 0 Å². The Morgan fingerprint density at radius 3 is 2.95 bits per heavy atom. The molecule has 1 atom stereocenters. The minimum atomic E-state index is -0.250. The molecule has 0 saturated carbocycles. The van der Waals surface area contributed by atoms with Gasteiger partial charge in [0.25, 0.3) is 0 Å². The van der Waals surface area contributed by atoms with Gasteiger partial charge < -0.3 is 15.4 Å². The summed E-state index contributed by atoms with van der Waals surface area (Å²) in [5.41, 5.74) is 1.83. The first-order valence-electron chi connectivity index (χ1n) is 6.89. The average Bonchev–Trinajstić information content (AvgIpc) is 2.78. The quantitative estimate of drug-likeness (QED) is 0.662. The van der Waals surface area contributed by atoms with Crippen LogP contribution in [0.1, 0.15) is 53.4 Å². The summed E-state index contributed by atoms with van der Waals surface area (Å²) in [6, 6.07) is 0. The maximum atomic E-state index is 12.3. The largest absolute Gasteiger partial charge is 0.462 e. The molecule has 0 bridgehead atoms. The molecule has 2 rings (SSSR count). The molecule has 0 saturated heterocycles. The Kier molecular flexibility index (Phi) is 4.99.